The second-order valence-electron chi connectivity index (χ2n) is 4.69. The summed E-state index contributed by atoms with van der Waals surface area (Å²) in [7, 11) is 0. The van der Waals surface area contributed by atoms with Crippen molar-refractivity contribution in [2.24, 2.45) is 11.7 Å². The molecule has 0 radical (unpaired) electrons. The summed E-state index contributed by atoms with van der Waals surface area (Å²) >= 11 is 0. The van der Waals surface area contributed by atoms with Gasteiger partial charge in [-0.2, -0.15) is 0 Å². The molecule has 1 aromatic carbocycles. The lowest BCUT2D eigenvalue weighted by molar-refractivity contribution is 0.0672. The Labute approximate surface area is 100 Å². The third-order valence-electron chi connectivity index (χ3n) is 3.39. The number of amides is 1. The molecule has 0 aromatic heterocycles. The lowest BCUT2D eigenvalue weighted by atomic mass is 9.94. The number of rotatable bonds is 1. The Morgan fingerprint density at radius 2 is 2.06 bits per heavy atom. The summed E-state index contributed by atoms with van der Waals surface area (Å²) in [6.45, 7) is 3.41. The summed E-state index contributed by atoms with van der Waals surface area (Å²) in [5, 5.41) is 0. The zero-order valence-corrected chi connectivity index (χ0v) is 9.90. The van der Waals surface area contributed by atoms with Gasteiger partial charge in [0.05, 0.1) is 0 Å². The van der Waals surface area contributed by atoms with Crippen molar-refractivity contribution in [1.29, 1.82) is 0 Å². The summed E-state index contributed by atoms with van der Waals surface area (Å²) in [5.41, 5.74) is 6.48. The van der Waals surface area contributed by atoms with E-state index in [4.69, 9.17) is 5.73 Å². The Bertz CT molecular complexity index is 404. The van der Waals surface area contributed by atoms with E-state index >= 15 is 0 Å². The van der Waals surface area contributed by atoms with Gasteiger partial charge >= 0.3 is 0 Å². The molecule has 2 rings (SSSR count). The van der Waals surface area contributed by atoms with Crippen molar-refractivity contribution < 1.29 is 9.18 Å². The highest BCUT2D eigenvalue weighted by Crippen LogP contribution is 2.17. The summed E-state index contributed by atoms with van der Waals surface area (Å²) < 4.78 is 12.8. The monoisotopic (exact) mass is 236 g/mol. The fraction of sp³-hybridized carbons (Fsp3) is 0.462. The van der Waals surface area contributed by atoms with E-state index < -0.39 is 0 Å². The maximum atomic E-state index is 12.8. The molecular weight excluding hydrogens is 219 g/mol. The van der Waals surface area contributed by atoms with Crippen LogP contribution in [0.2, 0.25) is 0 Å². The van der Waals surface area contributed by atoms with Crippen LogP contribution in [0.5, 0.6) is 0 Å². The highest BCUT2D eigenvalue weighted by atomic mass is 19.1. The number of likely N-dealkylation sites (tertiary alicyclic amines) is 1. The molecule has 1 aliphatic heterocycles. The highest BCUT2D eigenvalue weighted by molar-refractivity contribution is 5.94. The molecule has 1 saturated heterocycles. The van der Waals surface area contributed by atoms with Crippen LogP contribution in [0, 0.1) is 11.7 Å². The summed E-state index contributed by atoms with van der Waals surface area (Å²) in [5.74, 6) is 0.0603. The minimum absolute atomic E-state index is 0.0353. The molecule has 0 spiro atoms. The fourth-order valence-electron chi connectivity index (χ4n) is 2.06. The molecule has 4 heteroatoms. The number of hydrogen-bond donors (Lipinski definition) is 1. The third kappa shape index (κ3) is 2.64. The first-order valence-corrected chi connectivity index (χ1v) is 5.88. The van der Waals surface area contributed by atoms with E-state index in [0.29, 0.717) is 18.0 Å². The number of halogens is 1. The molecule has 1 amide bonds. The third-order valence-corrected chi connectivity index (χ3v) is 3.39. The van der Waals surface area contributed by atoms with Gasteiger partial charge in [-0.15, -0.1) is 0 Å². The van der Waals surface area contributed by atoms with Crippen LogP contribution in [0.4, 0.5) is 4.39 Å². The average molecular weight is 236 g/mol. The van der Waals surface area contributed by atoms with Gasteiger partial charge in [0.15, 0.2) is 0 Å². The smallest absolute Gasteiger partial charge is 0.253 e. The number of benzene rings is 1. The number of carbonyl (C=O) groups excluding carboxylic acids is 1. The molecule has 0 bridgehead atoms. The number of carbonyl (C=O) groups is 1. The minimum Gasteiger partial charge on any atom is -0.337 e. The van der Waals surface area contributed by atoms with E-state index in [9.17, 15) is 9.18 Å². The van der Waals surface area contributed by atoms with Crippen LogP contribution >= 0.6 is 0 Å². The van der Waals surface area contributed by atoms with Crippen molar-refractivity contribution in [3.05, 3.63) is 35.6 Å². The maximum Gasteiger partial charge on any atom is 0.253 e. The number of nitrogens with two attached hydrogens (primary N) is 1. The number of nitrogens with zero attached hydrogens (tertiary/aromatic N) is 1. The summed E-state index contributed by atoms with van der Waals surface area (Å²) in [6, 6.07) is 5.68. The van der Waals surface area contributed by atoms with Crippen LogP contribution < -0.4 is 5.73 Å². The average Bonchev–Trinajstić information content (AvgIpc) is 2.33. The zero-order chi connectivity index (χ0) is 12.4. The van der Waals surface area contributed by atoms with E-state index in [1.54, 1.807) is 4.90 Å². The molecule has 92 valence electrons. The number of hydrogen-bond acceptors (Lipinski definition) is 2. The minimum atomic E-state index is -0.328. The van der Waals surface area contributed by atoms with Crippen molar-refractivity contribution in [1.82, 2.24) is 4.90 Å². The quantitative estimate of drug-likeness (QED) is 0.805. The molecule has 2 atom stereocenters. The maximum absolute atomic E-state index is 12.8. The first-order chi connectivity index (χ1) is 8.08. The molecule has 1 fully saturated rings. The first kappa shape index (κ1) is 12.0. The SMILES string of the molecule is CC1CCN(C(=O)c2ccc(F)cc2)CC1N. The fourth-order valence-corrected chi connectivity index (χ4v) is 2.06. The van der Waals surface area contributed by atoms with Gasteiger partial charge < -0.3 is 10.6 Å². The van der Waals surface area contributed by atoms with Crippen LogP contribution in [0.1, 0.15) is 23.7 Å². The molecule has 3 nitrogen and oxygen atoms in total. The van der Waals surface area contributed by atoms with Crippen LogP contribution in [0.15, 0.2) is 24.3 Å². The van der Waals surface area contributed by atoms with Gasteiger partial charge in [-0.1, -0.05) is 6.92 Å². The van der Waals surface area contributed by atoms with E-state index in [2.05, 4.69) is 6.92 Å². The topological polar surface area (TPSA) is 46.3 Å². The van der Waals surface area contributed by atoms with Crippen molar-refractivity contribution in [2.75, 3.05) is 13.1 Å². The van der Waals surface area contributed by atoms with Gasteiger partial charge in [0.25, 0.3) is 5.91 Å². The molecule has 2 unspecified atom stereocenters. The van der Waals surface area contributed by atoms with Gasteiger partial charge in [0.1, 0.15) is 5.82 Å². The lowest BCUT2D eigenvalue weighted by Crippen LogP contribution is -2.49. The van der Waals surface area contributed by atoms with Crippen LogP contribution in [-0.2, 0) is 0 Å². The van der Waals surface area contributed by atoms with E-state index in [1.807, 2.05) is 0 Å². The van der Waals surface area contributed by atoms with Crippen LogP contribution in [-0.4, -0.2) is 29.9 Å². The van der Waals surface area contributed by atoms with Crippen LogP contribution in [0.25, 0.3) is 0 Å². The van der Waals surface area contributed by atoms with Crippen LogP contribution in [0.3, 0.4) is 0 Å². The lowest BCUT2D eigenvalue weighted by Gasteiger charge is -2.35. The Balaban J connectivity index is 2.08. The Hall–Kier alpha value is -1.42. The van der Waals surface area contributed by atoms with Gasteiger partial charge in [0, 0.05) is 24.7 Å². The Morgan fingerprint density at radius 1 is 1.41 bits per heavy atom. The second kappa shape index (κ2) is 4.84. The van der Waals surface area contributed by atoms with Gasteiger partial charge in [-0.05, 0) is 36.6 Å². The van der Waals surface area contributed by atoms with E-state index in [-0.39, 0.29) is 17.8 Å². The molecule has 0 saturated carbocycles. The predicted molar refractivity (Wildman–Crippen MR) is 64.1 cm³/mol. The molecule has 2 N–H and O–H groups in total. The molecule has 0 aliphatic carbocycles. The van der Waals surface area contributed by atoms with Crippen molar-refractivity contribution in [3.63, 3.8) is 0 Å². The molecule has 1 aromatic rings. The van der Waals surface area contributed by atoms with Gasteiger partial charge in [-0.25, -0.2) is 4.39 Å². The largest absolute Gasteiger partial charge is 0.337 e. The zero-order valence-electron chi connectivity index (χ0n) is 9.90. The number of piperidine rings is 1. The van der Waals surface area contributed by atoms with Crippen molar-refractivity contribution >= 4 is 5.91 Å². The summed E-state index contributed by atoms with van der Waals surface area (Å²) in [4.78, 5) is 13.9. The van der Waals surface area contributed by atoms with Gasteiger partial charge in [-0.3, -0.25) is 4.79 Å². The molecular formula is C13H17FN2O. The second-order valence-corrected chi connectivity index (χ2v) is 4.69. The Kier molecular flexibility index (Phi) is 3.43. The van der Waals surface area contributed by atoms with Crippen molar-refractivity contribution in [2.45, 2.75) is 19.4 Å². The summed E-state index contributed by atoms with van der Waals surface area (Å²) in [6.07, 6.45) is 0.925. The predicted octanol–water partition coefficient (Wildman–Crippen LogP) is 1.64. The normalized spacial score (nSPS) is 24.8. The van der Waals surface area contributed by atoms with E-state index in [1.165, 1.54) is 24.3 Å². The Morgan fingerprint density at radius 3 is 2.65 bits per heavy atom. The molecule has 1 heterocycles. The highest BCUT2D eigenvalue weighted by Gasteiger charge is 2.26. The first-order valence-electron chi connectivity index (χ1n) is 5.88. The van der Waals surface area contributed by atoms with Gasteiger partial charge in [0.2, 0.25) is 0 Å². The molecule has 17 heavy (non-hydrogen) atoms. The standard InChI is InChI=1S/C13H17FN2O/c1-9-6-7-16(8-12(9)15)13(17)10-2-4-11(14)5-3-10/h2-5,9,12H,6-8,15H2,1H3. The molecule has 1 aliphatic rings. The van der Waals surface area contributed by atoms with E-state index in [0.717, 1.165) is 13.0 Å². The van der Waals surface area contributed by atoms with Crippen molar-refractivity contribution in [3.8, 4) is 0 Å².